The molecule has 30 heavy (non-hydrogen) atoms. The Kier molecular flexibility index (Phi) is 6.36. The van der Waals surface area contributed by atoms with Gasteiger partial charge in [-0.05, 0) is 56.1 Å². The number of nitrogens with zero attached hydrogens (tertiary/aromatic N) is 1. The van der Waals surface area contributed by atoms with E-state index in [4.69, 9.17) is 9.47 Å². The van der Waals surface area contributed by atoms with Crippen molar-refractivity contribution < 1.29 is 22.7 Å². The van der Waals surface area contributed by atoms with Crippen LogP contribution in [0, 0.1) is 0 Å². The molecule has 166 valence electrons. The highest BCUT2D eigenvalue weighted by atomic mass is 32.2. The van der Waals surface area contributed by atoms with Crippen molar-refractivity contribution in [3.63, 3.8) is 0 Å². The maximum Gasteiger partial charge on any atom is 0.264 e. The van der Waals surface area contributed by atoms with E-state index in [1.54, 1.807) is 4.90 Å². The van der Waals surface area contributed by atoms with Crippen LogP contribution < -0.4 is 9.46 Å². The molecule has 1 aliphatic carbocycles. The van der Waals surface area contributed by atoms with E-state index in [9.17, 15) is 13.2 Å². The third kappa shape index (κ3) is 4.65. The van der Waals surface area contributed by atoms with Gasteiger partial charge in [-0.1, -0.05) is 25.1 Å². The fourth-order valence-electron chi connectivity index (χ4n) is 5.09. The predicted molar refractivity (Wildman–Crippen MR) is 114 cm³/mol. The Morgan fingerprint density at radius 1 is 1.13 bits per heavy atom. The summed E-state index contributed by atoms with van der Waals surface area (Å²) in [6.07, 6.45) is 5.80. The van der Waals surface area contributed by atoms with Crippen LogP contribution >= 0.6 is 0 Å². The second-order valence-corrected chi connectivity index (χ2v) is 10.5. The third-order valence-corrected chi connectivity index (χ3v) is 7.38. The molecule has 1 N–H and O–H groups in total. The molecule has 0 radical (unpaired) electrons. The van der Waals surface area contributed by atoms with Crippen LogP contribution in [0.25, 0.3) is 0 Å². The summed E-state index contributed by atoms with van der Waals surface area (Å²) in [4.78, 5) is 15.2. The Morgan fingerprint density at radius 2 is 1.87 bits per heavy atom. The molecule has 3 heterocycles. The maximum absolute atomic E-state index is 13.4. The van der Waals surface area contributed by atoms with Gasteiger partial charge in [-0.3, -0.25) is 4.79 Å². The van der Waals surface area contributed by atoms with Crippen molar-refractivity contribution in [3.05, 3.63) is 29.8 Å². The predicted octanol–water partition coefficient (Wildman–Crippen LogP) is 2.42. The van der Waals surface area contributed by atoms with Crippen molar-refractivity contribution in [2.75, 3.05) is 19.4 Å². The van der Waals surface area contributed by atoms with Crippen LogP contribution in [0.3, 0.4) is 0 Å². The Labute approximate surface area is 179 Å². The molecule has 1 amide bonds. The number of ether oxygens (including phenoxy) is 2. The van der Waals surface area contributed by atoms with E-state index in [1.165, 1.54) is 5.56 Å². The molecular formula is C22H32N2O5S. The molecule has 2 bridgehead atoms. The quantitative estimate of drug-likeness (QED) is 0.787. The topological polar surface area (TPSA) is 84.9 Å². The lowest BCUT2D eigenvalue weighted by molar-refractivity contribution is -0.141. The Balaban J connectivity index is 1.66. The van der Waals surface area contributed by atoms with Gasteiger partial charge in [-0.25, -0.2) is 13.1 Å². The number of hydrogen-bond donors (Lipinski definition) is 1. The minimum absolute atomic E-state index is 0.0923. The number of fused-ring (bicyclic) bond motifs is 5. The summed E-state index contributed by atoms with van der Waals surface area (Å²) in [7, 11) is -3.38. The number of carbonyl (C=O) groups excluding carboxylic acids is 1. The molecule has 5 rings (SSSR count). The number of benzene rings is 1. The number of hydrogen-bond acceptors (Lipinski definition) is 5. The van der Waals surface area contributed by atoms with Crippen LogP contribution in [0.5, 0.6) is 5.75 Å². The van der Waals surface area contributed by atoms with Gasteiger partial charge in [0.15, 0.2) is 6.10 Å². The maximum atomic E-state index is 13.4. The minimum Gasteiger partial charge on any atom is -0.480 e. The minimum atomic E-state index is -3.38. The van der Waals surface area contributed by atoms with Gasteiger partial charge >= 0.3 is 0 Å². The van der Waals surface area contributed by atoms with Crippen LogP contribution in [-0.4, -0.2) is 62.9 Å². The monoisotopic (exact) mass is 436 g/mol. The Hall–Kier alpha value is -1.64. The summed E-state index contributed by atoms with van der Waals surface area (Å²) in [5, 5.41) is 0. The van der Waals surface area contributed by atoms with Gasteiger partial charge < -0.3 is 14.4 Å². The number of para-hydroxylation sites is 1. The second kappa shape index (κ2) is 8.85. The smallest absolute Gasteiger partial charge is 0.264 e. The van der Waals surface area contributed by atoms with Crippen molar-refractivity contribution >= 4 is 15.9 Å². The van der Waals surface area contributed by atoms with Gasteiger partial charge in [-0.2, -0.15) is 0 Å². The van der Waals surface area contributed by atoms with Crippen LogP contribution in [0.15, 0.2) is 24.3 Å². The van der Waals surface area contributed by atoms with Gasteiger partial charge in [0.05, 0.1) is 25.0 Å². The lowest BCUT2D eigenvalue weighted by Gasteiger charge is -2.32. The summed E-state index contributed by atoms with van der Waals surface area (Å²) in [5.41, 5.74) is 1.18. The van der Waals surface area contributed by atoms with Gasteiger partial charge in [-0.15, -0.1) is 0 Å². The molecule has 3 aliphatic heterocycles. The molecule has 1 aromatic carbocycles. The zero-order chi connectivity index (χ0) is 21.3. The molecule has 2 fully saturated rings. The van der Waals surface area contributed by atoms with Crippen molar-refractivity contribution in [2.24, 2.45) is 0 Å². The first kappa shape index (κ1) is 21.6. The summed E-state index contributed by atoms with van der Waals surface area (Å²) >= 11 is 0. The van der Waals surface area contributed by atoms with E-state index in [1.807, 2.05) is 25.1 Å². The van der Waals surface area contributed by atoms with Crippen LogP contribution in [-0.2, 0) is 19.6 Å². The molecule has 0 spiro atoms. The molecule has 1 saturated carbocycles. The average molecular weight is 437 g/mol. The fraction of sp³-hybridized carbons (Fsp3) is 0.682. The number of nitrogens with one attached hydrogen (secondary N) is 1. The summed E-state index contributed by atoms with van der Waals surface area (Å²) in [5.74, 6) is 1.11. The Morgan fingerprint density at radius 3 is 2.57 bits per heavy atom. The highest BCUT2D eigenvalue weighted by molar-refractivity contribution is 7.88. The zero-order valence-electron chi connectivity index (χ0n) is 17.7. The lowest BCUT2D eigenvalue weighted by Crippen LogP contribution is -2.52. The number of carbonyl (C=O) groups is 1. The fourth-order valence-corrected chi connectivity index (χ4v) is 5.92. The number of sulfonamides is 1. The molecular weight excluding hydrogens is 404 g/mol. The third-order valence-electron chi connectivity index (χ3n) is 6.65. The van der Waals surface area contributed by atoms with Crippen molar-refractivity contribution in [2.45, 2.75) is 75.7 Å². The van der Waals surface area contributed by atoms with E-state index in [-0.39, 0.29) is 24.1 Å². The average Bonchev–Trinajstić information content (AvgIpc) is 3.11. The van der Waals surface area contributed by atoms with E-state index in [0.717, 1.165) is 37.7 Å². The highest BCUT2D eigenvalue weighted by Gasteiger charge is 2.42. The molecule has 7 nitrogen and oxygen atoms in total. The first-order valence-corrected chi connectivity index (χ1v) is 12.9. The molecule has 1 saturated heterocycles. The highest BCUT2D eigenvalue weighted by Crippen LogP contribution is 2.39. The van der Waals surface area contributed by atoms with Crippen molar-refractivity contribution in [3.8, 4) is 5.75 Å². The number of amides is 1. The van der Waals surface area contributed by atoms with Crippen molar-refractivity contribution in [1.82, 2.24) is 9.62 Å². The first-order valence-electron chi connectivity index (χ1n) is 11.0. The summed E-state index contributed by atoms with van der Waals surface area (Å²) in [6, 6.07) is 7.40. The van der Waals surface area contributed by atoms with Gasteiger partial charge in [0.2, 0.25) is 10.0 Å². The summed E-state index contributed by atoms with van der Waals surface area (Å²) < 4.78 is 39.0. The van der Waals surface area contributed by atoms with Gasteiger partial charge in [0, 0.05) is 12.6 Å². The molecule has 8 heteroatoms. The molecule has 0 unspecified atom stereocenters. The molecule has 1 aromatic rings. The SMILES string of the molecule is CC[C@@H]1Oc2ccccc2[C@H]2CC[C@H](CC2)OC[C@H]2[C@@H](NS(C)(=O)=O)CCN2C1=O. The van der Waals surface area contributed by atoms with Gasteiger partial charge in [0.25, 0.3) is 5.91 Å². The van der Waals surface area contributed by atoms with Crippen LogP contribution in [0.2, 0.25) is 0 Å². The van der Waals surface area contributed by atoms with Crippen LogP contribution in [0.4, 0.5) is 0 Å². The summed E-state index contributed by atoms with van der Waals surface area (Å²) in [6.45, 7) is 2.79. The van der Waals surface area contributed by atoms with E-state index >= 15 is 0 Å². The molecule has 0 aromatic heterocycles. The largest absolute Gasteiger partial charge is 0.480 e. The zero-order valence-corrected chi connectivity index (χ0v) is 18.6. The first-order chi connectivity index (χ1) is 14.4. The van der Waals surface area contributed by atoms with Crippen LogP contribution in [0.1, 0.15) is 56.9 Å². The molecule has 4 aliphatic rings. The van der Waals surface area contributed by atoms with E-state index in [2.05, 4.69) is 10.8 Å². The normalized spacial score (nSPS) is 32.4. The van der Waals surface area contributed by atoms with Crippen molar-refractivity contribution in [1.29, 1.82) is 0 Å². The van der Waals surface area contributed by atoms with E-state index in [0.29, 0.717) is 31.9 Å². The molecule has 3 atom stereocenters. The second-order valence-electron chi connectivity index (χ2n) is 8.74. The lowest BCUT2D eigenvalue weighted by atomic mass is 9.82. The Bertz CT molecular complexity index is 866. The number of rotatable bonds is 3. The standard InChI is InChI=1S/C22H32N2O5S/c1-3-20-22(25)24-13-12-18(23-30(2,26)27)19(24)14-28-16-10-8-15(9-11-16)17-6-4-5-7-21(17)29-20/h4-7,15-16,18-20,23H,3,8-14H2,1-2H3/t15-,16+,18-,19-,20-/m0/s1. The van der Waals surface area contributed by atoms with E-state index < -0.39 is 16.1 Å². The van der Waals surface area contributed by atoms with Gasteiger partial charge in [0.1, 0.15) is 5.75 Å².